The van der Waals surface area contributed by atoms with E-state index in [4.69, 9.17) is 5.11 Å². The van der Waals surface area contributed by atoms with E-state index in [1.165, 1.54) is 0 Å². The lowest BCUT2D eigenvalue weighted by Gasteiger charge is -2.36. The summed E-state index contributed by atoms with van der Waals surface area (Å²) in [5.41, 5.74) is -0.333. The highest BCUT2D eigenvalue weighted by Crippen LogP contribution is 2.25. The SMILES string of the molecule is CCC1(C(=O)NC2CC(O)C2)CCCN1. The summed E-state index contributed by atoms with van der Waals surface area (Å²) < 4.78 is 0. The maximum atomic E-state index is 12.1. The van der Waals surface area contributed by atoms with E-state index in [0.717, 1.165) is 25.8 Å². The van der Waals surface area contributed by atoms with Crippen molar-refractivity contribution in [2.24, 2.45) is 0 Å². The normalized spacial score (nSPS) is 39.9. The maximum absolute atomic E-state index is 12.1. The lowest BCUT2D eigenvalue weighted by atomic mass is 9.87. The first-order valence-corrected chi connectivity index (χ1v) is 5.90. The average Bonchev–Trinajstić information content (AvgIpc) is 2.64. The minimum absolute atomic E-state index is 0.124. The molecule has 2 rings (SSSR count). The van der Waals surface area contributed by atoms with Crippen LogP contribution in [0.1, 0.15) is 39.0 Å². The maximum Gasteiger partial charge on any atom is 0.240 e. The quantitative estimate of drug-likeness (QED) is 0.624. The second kappa shape index (κ2) is 4.10. The highest BCUT2D eigenvalue weighted by atomic mass is 16.3. The van der Waals surface area contributed by atoms with Gasteiger partial charge < -0.3 is 15.7 Å². The summed E-state index contributed by atoms with van der Waals surface area (Å²) in [7, 11) is 0. The molecular formula is C11H20N2O2. The van der Waals surface area contributed by atoms with Crippen molar-refractivity contribution in [2.45, 2.75) is 56.7 Å². The summed E-state index contributed by atoms with van der Waals surface area (Å²) in [5, 5.41) is 15.5. The van der Waals surface area contributed by atoms with Crippen molar-refractivity contribution in [3.8, 4) is 0 Å². The third-order valence-corrected chi connectivity index (χ3v) is 3.73. The van der Waals surface area contributed by atoms with Gasteiger partial charge in [0.2, 0.25) is 5.91 Å². The highest BCUT2D eigenvalue weighted by molar-refractivity contribution is 5.87. The van der Waals surface area contributed by atoms with Crippen LogP contribution in [0.25, 0.3) is 0 Å². The smallest absolute Gasteiger partial charge is 0.240 e. The highest BCUT2D eigenvalue weighted by Gasteiger charge is 2.41. The molecule has 0 aromatic heterocycles. The van der Waals surface area contributed by atoms with Crippen molar-refractivity contribution >= 4 is 5.91 Å². The second-order valence-electron chi connectivity index (χ2n) is 4.76. The van der Waals surface area contributed by atoms with Crippen molar-refractivity contribution in [3.63, 3.8) is 0 Å². The fourth-order valence-electron chi connectivity index (χ4n) is 2.49. The second-order valence-corrected chi connectivity index (χ2v) is 4.76. The van der Waals surface area contributed by atoms with Gasteiger partial charge in [-0.3, -0.25) is 4.79 Å². The van der Waals surface area contributed by atoms with Gasteiger partial charge in [-0.05, 0) is 38.6 Å². The molecule has 0 spiro atoms. The van der Waals surface area contributed by atoms with Crippen LogP contribution in [0.3, 0.4) is 0 Å². The lowest BCUT2D eigenvalue weighted by Crippen LogP contribution is -2.58. The van der Waals surface area contributed by atoms with Crippen molar-refractivity contribution in [1.82, 2.24) is 10.6 Å². The number of hydrogen-bond donors (Lipinski definition) is 3. The van der Waals surface area contributed by atoms with Crippen LogP contribution in [0, 0.1) is 0 Å². The zero-order valence-corrected chi connectivity index (χ0v) is 9.25. The molecule has 0 aromatic rings. The van der Waals surface area contributed by atoms with E-state index in [0.29, 0.717) is 12.8 Å². The van der Waals surface area contributed by atoms with Crippen LogP contribution < -0.4 is 10.6 Å². The van der Waals surface area contributed by atoms with E-state index in [2.05, 4.69) is 10.6 Å². The molecule has 0 aromatic carbocycles. The molecule has 1 unspecified atom stereocenters. The average molecular weight is 212 g/mol. The van der Waals surface area contributed by atoms with E-state index in [-0.39, 0.29) is 23.6 Å². The Kier molecular flexibility index (Phi) is 2.98. The molecule has 15 heavy (non-hydrogen) atoms. The molecule has 1 heterocycles. The summed E-state index contributed by atoms with van der Waals surface area (Å²) in [6, 6.07) is 0.193. The zero-order valence-electron chi connectivity index (χ0n) is 9.25. The van der Waals surface area contributed by atoms with Crippen molar-refractivity contribution in [3.05, 3.63) is 0 Å². The summed E-state index contributed by atoms with van der Waals surface area (Å²) in [6.45, 7) is 2.99. The van der Waals surface area contributed by atoms with E-state index in [1.807, 2.05) is 6.92 Å². The van der Waals surface area contributed by atoms with E-state index >= 15 is 0 Å². The molecule has 1 saturated carbocycles. The molecule has 0 bridgehead atoms. The van der Waals surface area contributed by atoms with Crippen LogP contribution >= 0.6 is 0 Å². The van der Waals surface area contributed by atoms with Crippen LogP contribution in [0.15, 0.2) is 0 Å². The standard InChI is InChI=1S/C11H20N2O2/c1-2-11(4-3-5-12-11)10(15)13-8-6-9(14)7-8/h8-9,12,14H,2-7H2,1H3,(H,13,15). The van der Waals surface area contributed by atoms with Gasteiger partial charge in [0.05, 0.1) is 11.6 Å². The number of rotatable bonds is 3. The molecule has 1 aliphatic heterocycles. The van der Waals surface area contributed by atoms with E-state index < -0.39 is 0 Å². The first kappa shape index (κ1) is 10.9. The van der Waals surface area contributed by atoms with Gasteiger partial charge in [-0.2, -0.15) is 0 Å². The number of amides is 1. The summed E-state index contributed by atoms with van der Waals surface area (Å²) >= 11 is 0. The molecule has 0 radical (unpaired) electrons. The molecule has 4 nitrogen and oxygen atoms in total. The van der Waals surface area contributed by atoms with Gasteiger partial charge in [-0.1, -0.05) is 6.92 Å². The van der Waals surface area contributed by atoms with Gasteiger partial charge in [0, 0.05) is 6.04 Å². The molecule has 86 valence electrons. The fraction of sp³-hybridized carbons (Fsp3) is 0.909. The third kappa shape index (κ3) is 2.01. The number of aliphatic hydroxyl groups excluding tert-OH is 1. The molecule has 1 saturated heterocycles. The molecule has 4 heteroatoms. The van der Waals surface area contributed by atoms with Gasteiger partial charge in [0.15, 0.2) is 0 Å². The largest absolute Gasteiger partial charge is 0.393 e. The first-order chi connectivity index (χ1) is 7.16. The predicted molar refractivity (Wildman–Crippen MR) is 57.4 cm³/mol. The van der Waals surface area contributed by atoms with Crippen molar-refractivity contribution in [1.29, 1.82) is 0 Å². The molecule has 3 N–H and O–H groups in total. The lowest BCUT2D eigenvalue weighted by molar-refractivity contribution is -0.129. The summed E-state index contributed by atoms with van der Waals surface area (Å²) in [4.78, 5) is 12.1. The van der Waals surface area contributed by atoms with Gasteiger partial charge >= 0.3 is 0 Å². The minimum Gasteiger partial charge on any atom is -0.393 e. The summed E-state index contributed by atoms with van der Waals surface area (Å²) in [6.07, 6.45) is 4.08. The van der Waals surface area contributed by atoms with Gasteiger partial charge in [-0.25, -0.2) is 0 Å². The van der Waals surface area contributed by atoms with Crippen LogP contribution in [-0.2, 0) is 4.79 Å². The van der Waals surface area contributed by atoms with Crippen molar-refractivity contribution in [2.75, 3.05) is 6.54 Å². The molecule has 1 atom stereocenters. The first-order valence-electron chi connectivity index (χ1n) is 5.90. The monoisotopic (exact) mass is 212 g/mol. The molecule has 2 aliphatic rings. The number of carbonyl (C=O) groups excluding carboxylic acids is 1. The molecular weight excluding hydrogens is 192 g/mol. The Labute approximate surface area is 90.4 Å². The van der Waals surface area contributed by atoms with Crippen LogP contribution in [0.5, 0.6) is 0 Å². The predicted octanol–water partition coefficient (Wildman–Crippen LogP) is 0.158. The Hall–Kier alpha value is -0.610. The van der Waals surface area contributed by atoms with Gasteiger partial charge in [0.25, 0.3) is 0 Å². The van der Waals surface area contributed by atoms with Gasteiger partial charge in [0.1, 0.15) is 0 Å². The van der Waals surface area contributed by atoms with Crippen LogP contribution in [0.2, 0.25) is 0 Å². The Morgan fingerprint density at radius 2 is 2.33 bits per heavy atom. The summed E-state index contributed by atoms with van der Waals surface area (Å²) in [5.74, 6) is 0.124. The number of carbonyl (C=O) groups is 1. The Balaban J connectivity index is 1.88. The van der Waals surface area contributed by atoms with Crippen LogP contribution in [0.4, 0.5) is 0 Å². The van der Waals surface area contributed by atoms with E-state index in [9.17, 15) is 4.79 Å². The third-order valence-electron chi connectivity index (χ3n) is 3.73. The molecule has 1 aliphatic carbocycles. The minimum atomic E-state index is -0.333. The van der Waals surface area contributed by atoms with Crippen molar-refractivity contribution < 1.29 is 9.90 Å². The number of hydrogen-bond acceptors (Lipinski definition) is 3. The zero-order chi connectivity index (χ0) is 10.9. The number of nitrogens with one attached hydrogen (secondary N) is 2. The van der Waals surface area contributed by atoms with E-state index in [1.54, 1.807) is 0 Å². The Bertz CT molecular complexity index is 243. The Morgan fingerprint density at radius 1 is 1.60 bits per heavy atom. The topological polar surface area (TPSA) is 61.4 Å². The van der Waals surface area contributed by atoms with Gasteiger partial charge in [-0.15, -0.1) is 0 Å². The fourth-order valence-corrected chi connectivity index (χ4v) is 2.49. The van der Waals surface area contributed by atoms with Crippen LogP contribution in [-0.4, -0.2) is 35.2 Å². The Morgan fingerprint density at radius 3 is 2.80 bits per heavy atom. The molecule has 2 fully saturated rings. The number of aliphatic hydroxyl groups is 1. The molecule has 1 amide bonds.